The highest BCUT2D eigenvalue weighted by Gasteiger charge is 2.12. The van der Waals surface area contributed by atoms with Gasteiger partial charge < -0.3 is 9.47 Å². The van der Waals surface area contributed by atoms with Gasteiger partial charge in [-0.2, -0.15) is 0 Å². The van der Waals surface area contributed by atoms with E-state index >= 15 is 0 Å². The van der Waals surface area contributed by atoms with Crippen LogP contribution in [-0.4, -0.2) is 20.6 Å². The maximum absolute atomic E-state index is 11.0. The van der Waals surface area contributed by atoms with Crippen molar-refractivity contribution in [3.8, 4) is 11.5 Å². The Bertz CT molecular complexity index is 744. The quantitative estimate of drug-likeness (QED) is 0.572. The van der Waals surface area contributed by atoms with Crippen LogP contribution in [0.1, 0.15) is 15.9 Å². The lowest BCUT2D eigenvalue weighted by Gasteiger charge is -2.12. The van der Waals surface area contributed by atoms with E-state index in [0.29, 0.717) is 17.6 Å². The SMILES string of the molecule is O=Cc1ccc(OCc2ccccc2)c(OCS(=O)(=O)Cl)c1. The highest BCUT2D eigenvalue weighted by molar-refractivity contribution is 8.13. The van der Waals surface area contributed by atoms with Crippen LogP contribution in [0, 0.1) is 0 Å². The van der Waals surface area contributed by atoms with Crippen molar-refractivity contribution in [2.75, 3.05) is 5.94 Å². The molecule has 22 heavy (non-hydrogen) atoms. The predicted octanol–water partition coefficient (Wildman–Crippen LogP) is 2.98. The zero-order valence-electron chi connectivity index (χ0n) is 11.4. The van der Waals surface area contributed by atoms with Crippen LogP contribution in [0.5, 0.6) is 11.5 Å². The Kier molecular flexibility index (Phi) is 5.41. The van der Waals surface area contributed by atoms with Crippen LogP contribution in [0.15, 0.2) is 48.5 Å². The Morgan fingerprint density at radius 2 is 1.73 bits per heavy atom. The number of rotatable bonds is 7. The number of hydrogen-bond donors (Lipinski definition) is 0. The highest BCUT2D eigenvalue weighted by atomic mass is 35.7. The Morgan fingerprint density at radius 3 is 2.36 bits per heavy atom. The second kappa shape index (κ2) is 7.29. The van der Waals surface area contributed by atoms with E-state index in [1.54, 1.807) is 12.1 Å². The van der Waals surface area contributed by atoms with Crippen LogP contribution in [0.3, 0.4) is 0 Å². The van der Waals surface area contributed by atoms with Gasteiger partial charge in [-0.05, 0) is 23.8 Å². The summed E-state index contributed by atoms with van der Waals surface area (Å²) in [6.45, 7) is 0.283. The molecule has 0 aliphatic rings. The third-order valence-electron chi connectivity index (χ3n) is 2.70. The number of benzene rings is 2. The van der Waals surface area contributed by atoms with E-state index < -0.39 is 15.0 Å². The van der Waals surface area contributed by atoms with Crippen molar-refractivity contribution < 1.29 is 22.7 Å². The summed E-state index contributed by atoms with van der Waals surface area (Å²) in [5.41, 5.74) is 1.28. The minimum absolute atomic E-state index is 0.143. The van der Waals surface area contributed by atoms with E-state index in [4.69, 9.17) is 20.2 Å². The van der Waals surface area contributed by atoms with E-state index in [1.165, 1.54) is 6.07 Å². The summed E-state index contributed by atoms with van der Waals surface area (Å²) in [4.78, 5) is 10.8. The van der Waals surface area contributed by atoms with Crippen molar-refractivity contribution in [2.24, 2.45) is 0 Å². The number of carbonyl (C=O) groups excluding carboxylic acids is 1. The van der Waals surface area contributed by atoms with Gasteiger partial charge in [-0.25, -0.2) is 8.42 Å². The monoisotopic (exact) mass is 340 g/mol. The fourth-order valence-corrected chi connectivity index (χ4v) is 2.10. The first-order valence-corrected chi connectivity index (χ1v) is 8.77. The summed E-state index contributed by atoms with van der Waals surface area (Å²) in [6.07, 6.45) is 0.628. The van der Waals surface area contributed by atoms with E-state index in [2.05, 4.69) is 0 Å². The standard InChI is InChI=1S/C15H13ClO5S/c16-22(18,19)11-21-15-8-13(9-17)6-7-14(15)20-10-12-4-2-1-3-5-12/h1-9H,10-11H2. The maximum atomic E-state index is 11.0. The van der Waals surface area contributed by atoms with Gasteiger partial charge in [-0.3, -0.25) is 4.79 Å². The average molecular weight is 341 g/mol. The molecule has 0 atom stereocenters. The molecule has 0 saturated heterocycles. The number of hydrogen-bond acceptors (Lipinski definition) is 5. The molecule has 0 spiro atoms. The van der Waals surface area contributed by atoms with Gasteiger partial charge in [-0.1, -0.05) is 30.3 Å². The molecule has 2 aromatic rings. The number of aldehydes is 1. The van der Waals surface area contributed by atoms with Gasteiger partial charge in [-0.15, -0.1) is 0 Å². The van der Waals surface area contributed by atoms with Gasteiger partial charge in [0.05, 0.1) is 0 Å². The zero-order valence-corrected chi connectivity index (χ0v) is 13.0. The Hall–Kier alpha value is -2.05. The molecule has 0 fully saturated rings. The summed E-state index contributed by atoms with van der Waals surface area (Å²) in [6, 6.07) is 13.9. The molecule has 0 aliphatic heterocycles. The van der Waals surface area contributed by atoms with Gasteiger partial charge in [0, 0.05) is 16.2 Å². The Balaban J connectivity index is 2.16. The lowest BCUT2D eigenvalue weighted by Crippen LogP contribution is -2.07. The van der Waals surface area contributed by atoms with E-state index in [0.717, 1.165) is 5.56 Å². The second-order valence-corrected chi connectivity index (χ2v) is 7.12. The summed E-state index contributed by atoms with van der Waals surface area (Å²) in [5.74, 6) is -0.238. The molecule has 0 amide bonds. The number of carbonyl (C=O) groups is 1. The van der Waals surface area contributed by atoms with Gasteiger partial charge in [0.1, 0.15) is 12.9 Å². The molecule has 0 aromatic heterocycles. The van der Waals surface area contributed by atoms with E-state index in [-0.39, 0.29) is 12.4 Å². The van der Waals surface area contributed by atoms with Crippen molar-refractivity contribution >= 4 is 26.0 Å². The van der Waals surface area contributed by atoms with Gasteiger partial charge in [0.15, 0.2) is 11.5 Å². The van der Waals surface area contributed by atoms with Crippen LogP contribution in [-0.2, 0) is 15.7 Å². The molecular formula is C15H13ClO5S. The fourth-order valence-electron chi connectivity index (χ4n) is 1.70. The first kappa shape index (κ1) is 16.3. The molecule has 0 radical (unpaired) electrons. The zero-order chi connectivity index (χ0) is 16.0. The van der Waals surface area contributed by atoms with Crippen molar-refractivity contribution in [1.29, 1.82) is 0 Å². The predicted molar refractivity (Wildman–Crippen MR) is 82.9 cm³/mol. The van der Waals surface area contributed by atoms with Crippen LogP contribution in [0.4, 0.5) is 0 Å². The Morgan fingerprint density at radius 1 is 1.00 bits per heavy atom. The molecule has 116 valence electrons. The minimum atomic E-state index is -3.82. The molecule has 0 aliphatic carbocycles. The first-order valence-electron chi connectivity index (χ1n) is 6.29. The van der Waals surface area contributed by atoms with Crippen molar-refractivity contribution in [3.05, 3.63) is 59.7 Å². The fraction of sp³-hybridized carbons (Fsp3) is 0.133. The maximum Gasteiger partial charge on any atom is 0.267 e. The average Bonchev–Trinajstić information content (AvgIpc) is 2.51. The molecule has 0 unspecified atom stereocenters. The van der Waals surface area contributed by atoms with E-state index in [1.807, 2.05) is 30.3 Å². The molecule has 7 heteroatoms. The highest BCUT2D eigenvalue weighted by Crippen LogP contribution is 2.29. The third kappa shape index (κ3) is 5.05. The largest absolute Gasteiger partial charge is 0.485 e. The topological polar surface area (TPSA) is 69.7 Å². The minimum Gasteiger partial charge on any atom is -0.485 e. The molecule has 0 N–H and O–H groups in total. The van der Waals surface area contributed by atoms with Crippen LogP contribution < -0.4 is 9.47 Å². The van der Waals surface area contributed by atoms with Crippen molar-refractivity contribution in [3.63, 3.8) is 0 Å². The van der Waals surface area contributed by atoms with E-state index in [9.17, 15) is 13.2 Å². The smallest absolute Gasteiger partial charge is 0.267 e. The van der Waals surface area contributed by atoms with Crippen LogP contribution in [0.2, 0.25) is 0 Å². The van der Waals surface area contributed by atoms with Crippen molar-refractivity contribution in [2.45, 2.75) is 6.61 Å². The number of halogens is 1. The summed E-state index contributed by atoms with van der Waals surface area (Å²) >= 11 is 0. The number of ether oxygens (including phenoxy) is 2. The lowest BCUT2D eigenvalue weighted by molar-refractivity contribution is 0.112. The molecule has 0 bridgehead atoms. The van der Waals surface area contributed by atoms with Gasteiger partial charge in [0.2, 0.25) is 5.94 Å². The Labute approximate surface area is 132 Å². The second-order valence-electron chi connectivity index (χ2n) is 4.40. The van der Waals surface area contributed by atoms with Gasteiger partial charge >= 0.3 is 0 Å². The van der Waals surface area contributed by atoms with Crippen LogP contribution >= 0.6 is 10.7 Å². The molecule has 5 nitrogen and oxygen atoms in total. The summed E-state index contributed by atoms with van der Waals surface area (Å²) < 4.78 is 32.7. The lowest BCUT2D eigenvalue weighted by atomic mass is 10.2. The molecule has 0 heterocycles. The summed E-state index contributed by atoms with van der Waals surface area (Å²) in [5, 5.41) is 0. The molecule has 0 saturated carbocycles. The normalized spacial score (nSPS) is 11.0. The molecule has 2 aromatic carbocycles. The van der Waals surface area contributed by atoms with Crippen LogP contribution in [0.25, 0.3) is 0 Å². The first-order chi connectivity index (χ1) is 10.5. The third-order valence-corrected chi connectivity index (χ3v) is 3.36. The summed E-state index contributed by atoms with van der Waals surface area (Å²) in [7, 11) is 1.30. The van der Waals surface area contributed by atoms with Crippen molar-refractivity contribution in [1.82, 2.24) is 0 Å². The van der Waals surface area contributed by atoms with Gasteiger partial charge in [0.25, 0.3) is 9.05 Å². The molecular weight excluding hydrogens is 328 g/mol. The molecule has 2 rings (SSSR count).